The van der Waals surface area contributed by atoms with E-state index < -0.39 is 11.6 Å². The third-order valence-electron chi connectivity index (χ3n) is 4.30. The van der Waals surface area contributed by atoms with E-state index in [4.69, 9.17) is 0 Å². The molecule has 1 aromatic carbocycles. The van der Waals surface area contributed by atoms with E-state index >= 15 is 0 Å². The monoisotopic (exact) mass is 295 g/mol. The zero-order valence-corrected chi connectivity index (χ0v) is 11.7. The highest BCUT2D eigenvalue weighted by Gasteiger charge is 2.33. The number of carbonyl (C=O) groups excluding carboxylic acids is 1. The number of piperidine rings is 1. The second-order valence-corrected chi connectivity index (χ2v) is 5.91. The summed E-state index contributed by atoms with van der Waals surface area (Å²) in [6.45, 7) is 4.16. The van der Waals surface area contributed by atoms with Gasteiger partial charge in [0.15, 0.2) is 0 Å². The minimum atomic E-state index is -0.692. The van der Waals surface area contributed by atoms with Gasteiger partial charge in [-0.25, -0.2) is 8.78 Å². The Bertz CT molecular complexity index is 517. The third-order valence-corrected chi connectivity index (χ3v) is 4.30. The van der Waals surface area contributed by atoms with E-state index in [0.29, 0.717) is 5.92 Å². The Labute approximate surface area is 122 Å². The molecule has 114 valence electrons. The van der Waals surface area contributed by atoms with E-state index in [1.165, 1.54) is 0 Å². The van der Waals surface area contributed by atoms with Crippen LogP contribution in [-0.4, -0.2) is 43.5 Å². The predicted octanol–water partition coefficient (Wildman–Crippen LogP) is 1.44. The lowest BCUT2D eigenvalue weighted by Gasteiger charge is -2.33. The largest absolute Gasteiger partial charge is 0.325 e. The lowest BCUT2D eigenvalue weighted by atomic mass is 9.89. The van der Waals surface area contributed by atoms with Gasteiger partial charge >= 0.3 is 0 Å². The van der Waals surface area contributed by atoms with Gasteiger partial charge in [-0.1, -0.05) is 0 Å². The molecular formula is C15H19F2N3O. The van der Waals surface area contributed by atoms with E-state index in [9.17, 15) is 13.6 Å². The normalized spacial score (nSPS) is 25.6. The highest BCUT2D eigenvalue weighted by molar-refractivity contribution is 5.92. The van der Waals surface area contributed by atoms with Crippen LogP contribution in [0, 0.1) is 23.5 Å². The summed E-state index contributed by atoms with van der Waals surface area (Å²) in [6.07, 6.45) is 1.10. The van der Waals surface area contributed by atoms with Gasteiger partial charge in [-0.05, 0) is 50.0 Å². The lowest BCUT2D eigenvalue weighted by molar-refractivity contribution is -0.117. The average molecular weight is 295 g/mol. The van der Waals surface area contributed by atoms with E-state index in [1.54, 1.807) is 0 Å². The van der Waals surface area contributed by atoms with E-state index in [2.05, 4.69) is 15.5 Å². The molecule has 2 aliphatic rings. The van der Waals surface area contributed by atoms with Crippen LogP contribution in [0.2, 0.25) is 0 Å². The summed E-state index contributed by atoms with van der Waals surface area (Å²) in [5.74, 6) is -0.282. The molecule has 2 N–H and O–H groups in total. The molecule has 2 atom stereocenters. The Kier molecular flexibility index (Phi) is 4.17. The molecule has 2 fully saturated rings. The second kappa shape index (κ2) is 6.07. The Morgan fingerprint density at radius 2 is 1.95 bits per heavy atom. The first-order chi connectivity index (χ1) is 10.1. The molecule has 0 spiro atoms. The van der Waals surface area contributed by atoms with Crippen LogP contribution in [0.15, 0.2) is 18.2 Å². The van der Waals surface area contributed by atoms with Crippen LogP contribution in [0.5, 0.6) is 0 Å². The molecular weight excluding hydrogens is 276 g/mol. The van der Waals surface area contributed by atoms with Crippen molar-refractivity contribution >= 4 is 11.6 Å². The molecule has 2 saturated heterocycles. The maximum atomic E-state index is 13.1. The molecule has 2 heterocycles. The Balaban J connectivity index is 1.54. The SMILES string of the molecule is O=C(CN1CCC2CNCC2C1)Nc1cc(F)cc(F)c1. The fourth-order valence-corrected chi connectivity index (χ4v) is 3.28. The molecule has 1 amide bonds. The van der Waals surface area contributed by atoms with Gasteiger partial charge in [0, 0.05) is 18.3 Å². The van der Waals surface area contributed by atoms with E-state index in [-0.39, 0.29) is 18.1 Å². The number of nitrogens with zero attached hydrogens (tertiary/aromatic N) is 1. The first-order valence-electron chi connectivity index (χ1n) is 7.29. The minimum absolute atomic E-state index is 0.162. The van der Waals surface area contributed by atoms with Gasteiger partial charge in [-0.3, -0.25) is 9.69 Å². The van der Waals surface area contributed by atoms with Crippen molar-refractivity contribution < 1.29 is 13.6 Å². The van der Waals surface area contributed by atoms with Crippen molar-refractivity contribution in [1.82, 2.24) is 10.2 Å². The summed E-state index contributed by atoms with van der Waals surface area (Å²) in [5.41, 5.74) is 0.162. The van der Waals surface area contributed by atoms with Gasteiger partial charge in [-0.15, -0.1) is 0 Å². The summed E-state index contributed by atoms with van der Waals surface area (Å²) in [7, 11) is 0. The van der Waals surface area contributed by atoms with Crippen LogP contribution in [-0.2, 0) is 4.79 Å². The number of anilines is 1. The molecule has 4 nitrogen and oxygen atoms in total. The van der Waals surface area contributed by atoms with Crippen LogP contribution in [0.25, 0.3) is 0 Å². The molecule has 0 radical (unpaired) electrons. The Morgan fingerprint density at radius 3 is 2.71 bits per heavy atom. The number of rotatable bonds is 3. The maximum absolute atomic E-state index is 13.1. The Hall–Kier alpha value is -1.53. The highest BCUT2D eigenvalue weighted by Crippen LogP contribution is 2.26. The smallest absolute Gasteiger partial charge is 0.238 e. The molecule has 21 heavy (non-hydrogen) atoms. The fourth-order valence-electron chi connectivity index (χ4n) is 3.28. The van der Waals surface area contributed by atoms with Gasteiger partial charge in [0.05, 0.1) is 6.54 Å². The van der Waals surface area contributed by atoms with Gasteiger partial charge in [0.2, 0.25) is 5.91 Å². The number of hydrogen-bond acceptors (Lipinski definition) is 3. The topological polar surface area (TPSA) is 44.4 Å². The van der Waals surface area contributed by atoms with Crippen LogP contribution >= 0.6 is 0 Å². The molecule has 3 rings (SSSR count). The summed E-state index contributed by atoms with van der Waals surface area (Å²) in [5, 5.41) is 5.93. The molecule has 1 aromatic rings. The van der Waals surface area contributed by atoms with Gasteiger partial charge < -0.3 is 10.6 Å². The lowest BCUT2D eigenvalue weighted by Crippen LogP contribution is -2.43. The van der Waals surface area contributed by atoms with Crippen LogP contribution in [0.4, 0.5) is 14.5 Å². The first-order valence-corrected chi connectivity index (χ1v) is 7.29. The number of amides is 1. The number of likely N-dealkylation sites (tertiary alicyclic amines) is 1. The van der Waals surface area contributed by atoms with Crippen molar-refractivity contribution in [3.05, 3.63) is 29.8 Å². The fraction of sp³-hybridized carbons (Fsp3) is 0.533. The quantitative estimate of drug-likeness (QED) is 0.887. The molecule has 0 aliphatic carbocycles. The molecule has 2 aliphatic heterocycles. The number of halogens is 2. The number of nitrogens with one attached hydrogen (secondary N) is 2. The molecule has 0 bridgehead atoms. The second-order valence-electron chi connectivity index (χ2n) is 5.91. The highest BCUT2D eigenvalue weighted by atomic mass is 19.1. The molecule has 0 aromatic heterocycles. The predicted molar refractivity (Wildman–Crippen MR) is 75.9 cm³/mol. The van der Waals surface area contributed by atoms with Crippen molar-refractivity contribution in [2.24, 2.45) is 11.8 Å². The van der Waals surface area contributed by atoms with Crippen LogP contribution < -0.4 is 10.6 Å². The Morgan fingerprint density at radius 1 is 1.24 bits per heavy atom. The number of benzene rings is 1. The molecule has 6 heteroatoms. The van der Waals surface area contributed by atoms with Gasteiger partial charge in [0.1, 0.15) is 11.6 Å². The van der Waals surface area contributed by atoms with Crippen molar-refractivity contribution in [3.63, 3.8) is 0 Å². The standard InChI is InChI=1S/C15H19F2N3O/c16-12-3-13(17)5-14(4-12)19-15(21)9-20-2-1-10-6-18-7-11(10)8-20/h3-5,10-11,18H,1-2,6-9H2,(H,19,21). The van der Waals surface area contributed by atoms with Crippen molar-refractivity contribution in [2.75, 3.05) is 38.0 Å². The minimum Gasteiger partial charge on any atom is -0.325 e. The van der Waals surface area contributed by atoms with Crippen LogP contribution in [0.1, 0.15) is 6.42 Å². The third kappa shape index (κ3) is 3.57. The summed E-state index contributed by atoms with van der Waals surface area (Å²) in [6, 6.07) is 3.02. The maximum Gasteiger partial charge on any atom is 0.238 e. The van der Waals surface area contributed by atoms with Crippen molar-refractivity contribution in [3.8, 4) is 0 Å². The van der Waals surface area contributed by atoms with Crippen molar-refractivity contribution in [1.29, 1.82) is 0 Å². The van der Waals surface area contributed by atoms with Crippen LogP contribution in [0.3, 0.4) is 0 Å². The summed E-state index contributed by atoms with van der Waals surface area (Å²) in [4.78, 5) is 14.1. The molecule has 2 unspecified atom stereocenters. The average Bonchev–Trinajstić information content (AvgIpc) is 2.84. The van der Waals surface area contributed by atoms with E-state index in [0.717, 1.165) is 56.7 Å². The number of fused-ring (bicyclic) bond motifs is 1. The molecule has 0 saturated carbocycles. The van der Waals surface area contributed by atoms with Crippen molar-refractivity contribution in [2.45, 2.75) is 6.42 Å². The summed E-state index contributed by atoms with van der Waals surface area (Å²) >= 11 is 0. The zero-order valence-electron chi connectivity index (χ0n) is 11.7. The summed E-state index contributed by atoms with van der Waals surface area (Å²) < 4.78 is 26.2. The van der Waals surface area contributed by atoms with Gasteiger partial charge in [0.25, 0.3) is 0 Å². The number of carbonyl (C=O) groups is 1. The zero-order chi connectivity index (χ0) is 14.8. The van der Waals surface area contributed by atoms with E-state index in [1.807, 2.05) is 0 Å². The number of hydrogen-bond donors (Lipinski definition) is 2. The van der Waals surface area contributed by atoms with Gasteiger partial charge in [-0.2, -0.15) is 0 Å². The first kappa shape index (κ1) is 14.4.